The molecule has 0 unspecified atom stereocenters. The third-order valence-electron chi connectivity index (χ3n) is 3.93. The van der Waals surface area contributed by atoms with Crippen LogP contribution in [0.15, 0.2) is 60.7 Å². The number of nitriles is 1. The van der Waals surface area contributed by atoms with Gasteiger partial charge in [0.15, 0.2) is 0 Å². The van der Waals surface area contributed by atoms with Crippen molar-refractivity contribution >= 4 is 22.6 Å². The number of nitrogens with one attached hydrogen (secondary N) is 1. The summed E-state index contributed by atoms with van der Waals surface area (Å²) in [6.45, 7) is 5.81. The highest BCUT2D eigenvalue weighted by Crippen LogP contribution is 2.32. The monoisotopic (exact) mass is 374 g/mol. The van der Waals surface area contributed by atoms with Crippen LogP contribution in [0, 0.1) is 11.3 Å². The van der Waals surface area contributed by atoms with Crippen molar-refractivity contribution in [1.82, 2.24) is 0 Å². The Labute approximate surface area is 164 Å². The number of fused-ring (bicyclic) bond motifs is 1. The summed E-state index contributed by atoms with van der Waals surface area (Å²) in [6, 6.07) is 20.9. The summed E-state index contributed by atoms with van der Waals surface area (Å²) in [7, 11) is 0. The predicted molar refractivity (Wildman–Crippen MR) is 109 cm³/mol. The molecule has 1 amide bonds. The summed E-state index contributed by atoms with van der Waals surface area (Å²) < 4.78 is 11.4. The van der Waals surface area contributed by atoms with Gasteiger partial charge in [-0.15, -0.1) is 0 Å². The molecule has 0 atom stereocenters. The lowest BCUT2D eigenvalue weighted by molar-refractivity contribution is 0.0636. The van der Waals surface area contributed by atoms with Gasteiger partial charge in [-0.25, -0.2) is 4.79 Å². The predicted octanol–water partition coefficient (Wildman–Crippen LogP) is 5.64. The maximum atomic E-state index is 12.2. The van der Waals surface area contributed by atoms with Crippen LogP contribution in [0.5, 0.6) is 5.75 Å². The fourth-order valence-corrected chi connectivity index (χ4v) is 2.75. The van der Waals surface area contributed by atoms with Crippen LogP contribution in [0.3, 0.4) is 0 Å². The van der Waals surface area contributed by atoms with Gasteiger partial charge in [0.2, 0.25) is 0 Å². The molecule has 5 heteroatoms. The Morgan fingerprint density at radius 1 is 1.07 bits per heavy atom. The van der Waals surface area contributed by atoms with Gasteiger partial charge in [-0.1, -0.05) is 30.3 Å². The van der Waals surface area contributed by atoms with E-state index in [1.807, 2.05) is 36.4 Å². The van der Waals surface area contributed by atoms with E-state index in [0.29, 0.717) is 23.6 Å². The Bertz CT molecular complexity index is 1030. The van der Waals surface area contributed by atoms with Crippen LogP contribution < -0.4 is 10.1 Å². The van der Waals surface area contributed by atoms with E-state index >= 15 is 0 Å². The minimum Gasteiger partial charge on any atom is -0.488 e. The molecule has 0 saturated heterocycles. The highest BCUT2D eigenvalue weighted by Gasteiger charge is 2.17. The molecule has 0 radical (unpaired) electrons. The van der Waals surface area contributed by atoms with Gasteiger partial charge in [0, 0.05) is 17.1 Å². The largest absolute Gasteiger partial charge is 0.488 e. The molecular formula is C23H22N2O3. The normalized spacial score (nSPS) is 10.9. The third kappa shape index (κ3) is 5.01. The highest BCUT2D eigenvalue weighted by molar-refractivity contribution is 5.95. The smallest absolute Gasteiger partial charge is 0.412 e. The van der Waals surface area contributed by atoms with Crippen molar-refractivity contribution in [3.8, 4) is 11.8 Å². The minimum absolute atomic E-state index is 0.395. The zero-order chi connectivity index (χ0) is 20.1. The lowest BCUT2D eigenvalue weighted by Crippen LogP contribution is -2.27. The van der Waals surface area contributed by atoms with Gasteiger partial charge in [-0.05, 0) is 56.0 Å². The second-order valence-corrected chi connectivity index (χ2v) is 7.42. The number of nitrogens with zero attached hydrogens (tertiary/aromatic N) is 1. The highest BCUT2D eigenvalue weighted by atomic mass is 16.6. The Morgan fingerprint density at radius 3 is 2.50 bits per heavy atom. The van der Waals surface area contributed by atoms with E-state index in [1.54, 1.807) is 45.0 Å². The Hall–Kier alpha value is -3.52. The molecule has 3 aromatic carbocycles. The van der Waals surface area contributed by atoms with Crippen molar-refractivity contribution in [1.29, 1.82) is 5.26 Å². The second kappa shape index (κ2) is 8.01. The molecule has 0 aliphatic carbocycles. The first-order valence-electron chi connectivity index (χ1n) is 8.99. The molecule has 0 fully saturated rings. The molecule has 1 N–H and O–H groups in total. The molecule has 28 heavy (non-hydrogen) atoms. The molecule has 0 saturated carbocycles. The van der Waals surface area contributed by atoms with Crippen LogP contribution in [-0.2, 0) is 11.3 Å². The maximum Gasteiger partial charge on any atom is 0.412 e. The summed E-state index contributed by atoms with van der Waals surface area (Å²) in [5.74, 6) is 0.622. The molecule has 3 aromatic rings. The van der Waals surface area contributed by atoms with Crippen molar-refractivity contribution in [2.75, 3.05) is 5.32 Å². The molecular weight excluding hydrogens is 352 g/mol. The van der Waals surface area contributed by atoms with Crippen molar-refractivity contribution < 1.29 is 14.3 Å². The second-order valence-electron chi connectivity index (χ2n) is 7.42. The van der Waals surface area contributed by atoms with Gasteiger partial charge in [0.1, 0.15) is 18.0 Å². The quantitative estimate of drug-likeness (QED) is 0.642. The summed E-state index contributed by atoms with van der Waals surface area (Å²) in [5.41, 5.74) is 1.52. The Balaban J connectivity index is 1.93. The summed E-state index contributed by atoms with van der Waals surface area (Å²) in [4.78, 5) is 12.2. The Morgan fingerprint density at radius 2 is 1.82 bits per heavy atom. The van der Waals surface area contributed by atoms with E-state index in [1.165, 1.54) is 0 Å². The number of hydrogen-bond acceptors (Lipinski definition) is 4. The van der Waals surface area contributed by atoms with Crippen LogP contribution in [0.25, 0.3) is 10.8 Å². The molecule has 142 valence electrons. The topological polar surface area (TPSA) is 71.3 Å². The number of carbonyl (C=O) groups is 1. The van der Waals surface area contributed by atoms with E-state index in [0.717, 1.165) is 16.3 Å². The van der Waals surface area contributed by atoms with Crippen molar-refractivity contribution in [2.24, 2.45) is 0 Å². The van der Waals surface area contributed by atoms with E-state index in [4.69, 9.17) is 9.47 Å². The SMILES string of the molecule is CC(C)(C)OC(=O)Nc1cc(OCc2ccccc2)c2ccc(C#N)cc2c1. The number of carbonyl (C=O) groups excluding carboxylic acids is 1. The fraction of sp³-hybridized carbons (Fsp3) is 0.217. The van der Waals surface area contributed by atoms with E-state index in [-0.39, 0.29) is 0 Å². The molecule has 0 aliphatic rings. The first-order valence-corrected chi connectivity index (χ1v) is 8.99. The average Bonchev–Trinajstić information content (AvgIpc) is 2.64. The number of hydrogen-bond donors (Lipinski definition) is 1. The zero-order valence-corrected chi connectivity index (χ0v) is 16.2. The van der Waals surface area contributed by atoms with Crippen molar-refractivity contribution in [3.05, 3.63) is 71.8 Å². The first-order chi connectivity index (χ1) is 13.3. The zero-order valence-electron chi connectivity index (χ0n) is 16.2. The molecule has 3 rings (SSSR count). The number of rotatable bonds is 4. The number of ether oxygens (including phenoxy) is 2. The first kappa shape index (κ1) is 19.2. The lowest BCUT2D eigenvalue weighted by Gasteiger charge is -2.20. The summed E-state index contributed by atoms with van der Waals surface area (Å²) >= 11 is 0. The van der Waals surface area contributed by atoms with Crippen molar-refractivity contribution in [3.63, 3.8) is 0 Å². The molecule has 5 nitrogen and oxygen atoms in total. The van der Waals surface area contributed by atoms with Gasteiger partial charge in [-0.2, -0.15) is 5.26 Å². The number of anilines is 1. The van der Waals surface area contributed by atoms with Gasteiger partial charge < -0.3 is 9.47 Å². The van der Waals surface area contributed by atoms with Crippen molar-refractivity contribution in [2.45, 2.75) is 33.0 Å². The number of amides is 1. The molecule has 0 spiro atoms. The molecule has 0 aromatic heterocycles. The van der Waals surface area contributed by atoms with E-state index in [9.17, 15) is 10.1 Å². The van der Waals surface area contributed by atoms with E-state index in [2.05, 4.69) is 11.4 Å². The summed E-state index contributed by atoms with van der Waals surface area (Å²) in [6.07, 6.45) is -0.544. The molecule has 0 bridgehead atoms. The number of benzene rings is 3. The molecule has 0 heterocycles. The van der Waals surface area contributed by atoms with Gasteiger partial charge >= 0.3 is 6.09 Å². The summed E-state index contributed by atoms with van der Waals surface area (Å²) in [5, 5.41) is 13.6. The van der Waals surface area contributed by atoms with Gasteiger partial charge in [0.25, 0.3) is 0 Å². The van der Waals surface area contributed by atoms with Crippen LogP contribution in [-0.4, -0.2) is 11.7 Å². The maximum absolute atomic E-state index is 12.2. The fourth-order valence-electron chi connectivity index (χ4n) is 2.75. The minimum atomic E-state index is -0.596. The van der Waals surface area contributed by atoms with Gasteiger partial charge in [0.05, 0.1) is 11.6 Å². The third-order valence-corrected chi connectivity index (χ3v) is 3.93. The Kier molecular flexibility index (Phi) is 5.51. The average molecular weight is 374 g/mol. The van der Waals surface area contributed by atoms with Crippen LogP contribution in [0.2, 0.25) is 0 Å². The standard InChI is InChI=1S/C23H22N2O3/c1-23(2,3)28-22(26)25-19-12-18-11-17(14-24)9-10-20(18)21(13-19)27-15-16-7-5-4-6-8-16/h4-13H,15H2,1-3H3,(H,25,26). The lowest BCUT2D eigenvalue weighted by atomic mass is 10.1. The molecule has 0 aliphatic heterocycles. The van der Waals surface area contributed by atoms with Crippen LogP contribution in [0.4, 0.5) is 10.5 Å². The van der Waals surface area contributed by atoms with Crippen LogP contribution in [0.1, 0.15) is 31.9 Å². The van der Waals surface area contributed by atoms with E-state index < -0.39 is 11.7 Å². The van der Waals surface area contributed by atoms with Gasteiger partial charge in [-0.3, -0.25) is 5.32 Å². The van der Waals surface area contributed by atoms with Crippen LogP contribution >= 0.6 is 0 Å².